The number of likely N-dealkylation sites (tertiary alicyclic amines) is 1. The van der Waals surface area contributed by atoms with Crippen LogP contribution in [0.15, 0.2) is 60.7 Å². The highest BCUT2D eigenvalue weighted by molar-refractivity contribution is 5.98. The van der Waals surface area contributed by atoms with Gasteiger partial charge in [-0.3, -0.25) is 9.69 Å². The number of nitrogens with zero attached hydrogens (tertiary/aromatic N) is 1. The molecule has 0 bridgehead atoms. The normalized spacial score (nSPS) is 21.1. The number of rotatable bonds is 4. The number of hydrogen-bond donors (Lipinski definition) is 3. The van der Waals surface area contributed by atoms with Gasteiger partial charge in [-0.05, 0) is 37.1 Å². The molecule has 3 N–H and O–H groups in total. The molecule has 2 aromatic carbocycles. The van der Waals surface area contributed by atoms with Gasteiger partial charge in [-0.25, -0.2) is 0 Å². The molecule has 0 aliphatic carbocycles. The number of aliphatic hydroxyl groups excluding tert-OH is 1. The molecule has 2 heterocycles. The van der Waals surface area contributed by atoms with Crippen molar-refractivity contribution >= 4 is 16.8 Å². The highest BCUT2D eigenvalue weighted by Gasteiger charge is 2.27. The Morgan fingerprint density at radius 1 is 1.15 bits per heavy atom. The standard InChI is InChI=1S/C22H25N3O2/c26-21-11-6-12-25(14-16-7-2-1-3-8-16)15-20(21)24-22(27)19-13-17-9-4-5-10-18(17)23-19/h1-5,7-10,13,20-21,23,26H,6,11-12,14-15H2,(H,24,27). The third-order valence-corrected chi connectivity index (χ3v) is 5.23. The molecule has 1 saturated heterocycles. The lowest BCUT2D eigenvalue weighted by Crippen LogP contribution is -2.48. The second-order valence-electron chi connectivity index (χ2n) is 7.28. The molecule has 27 heavy (non-hydrogen) atoms. The Morgan fingerprint density at radius 2 is 1.93 bits per heavy atom. The molecule has 2 unspecified atom stereocenters. The van der Waals surface area contributed by atoms with Crippen LogP contribution in [-0.2, 0) is 6.54 Å². The Bertz CT molecular complexity index is 873. The van der Waals surface area contributed by atoms with Crippen molar-refractivity contribution in [3.8, 4) is 0 Å². The Morgan fingerprint density at radius 3 is 2.74 bits per heavy atom. The molecule has 1 fully saturated rings. The summed E-state index contributed by atoms with van der Waals surface area (Å²) >= 11 is 0. The molecule has 140 valence electrons. The number of H-pyrrole nitrogens is 1. The van der Waals surface area contributed by atoms with Crippen molar-refractivity contribution in [1.29, 1.82) is 0 Å². The summed E-state index contributed by atoms with van der Waals surface area (Å²) in [6.45, 7) is 2.39. The van der Waals surface area contributed by atoms with Gasteiger partial charge in [-0.15, -0.1) is 0 Å². The van der Waals surface area contributed by atoms with Gasteiger partial charge in [0.25, 0.3) is 5.91 Å². The third kappa shape index (κ3) is 4.21. The summed E-state index contributed by atoms with van der Waals surface area (Å²) in [5, 5.41) is 14.6. The average Bonchev–Trinajstić information content (AvgIpc) is 3.05. The van der Waals surface area contributed by atoms with E-state index in [4.69, 9.17) is 0 Å². The number of carbonyl (C=O) groups is 1. The van der Waals surface area contributed by atoms with Gasteiger partial charge in [0.05, 0.1) is 12.1 Å². The first kappa shape index (κ1) is 17.8. The number of amides is 1. The Balaban J connectivity index is 1.46. The van der Waals surface area contributed by atoms with Crippen LogP contribution in [0.3, 0.4) is 0 Å². The van der Waals surface area contributed by atoms with Crippen LogP contribution in [0.1, 0.15) is 28.9 Å². The lowest BCUT2D eigenvalue weighted by molar-refractivity contribution is 0.0794. The van der Waals surface area contributed by atoms with E-state index in [1.165, 1.54) is 5.56 Å². The Labute approximate surface area is 159 Å². The van der Waals surface area contributed by atoms with Crippen molar-refractivity contribution in [2.75, 3.05) is 13.1 Å². The quantitative estimate of drug-likeness (QED) is 0.668. The summed E-state index contributed by atoms with van der Waals surface area (Å²) in [6, 6.07) is 19.7. The Hall–Kier alpha value is -2.63. The van der Waals surface area contributed by atoms with Crippen molar-refractivity contribution < 1.29 is 9.90 Å². The first-order valence-electron chi connectivity index (χ1n) is 9.52. The van der Waals surface area contributed by atoms with Crippen LogP contribution in [0.4, 0.5) is 0 Å². The van der Waals surface area contributed by atoms with E-state index >= 15 is 0 Å². The van der Waals surface area contributed by atoms with Crippen LogP contribution < -0.4 is 5.32 Å². The molecule has 4 rings (SSSR count). The largest absolute Gasteiger partial charge is 0.391 e. The van der Waals surface area contributed by atoms with Crippen LogP contribution in [0.25, 0.3) is 10.9 Å². The Kier molecular flexibility index (Phi) is 5.23. The van der Waals surface area contributed by atoms with Gasteiger partial charge in [0.1, 0.15) is 5.69 Å². The van der Waals surface area contributed by atoms with E-state index in [-0.39, 0.29) is 11.9 Å². The number of nitrogens with one attached hydrogen (secondary N) is 2. The van der Waals surface area contributed by atoms with Gasteiger partial charge >= 0.3 is 0 Å². The molecule has 0 spiro atoms. The summed E-state index contributed by atoms with van der Waals surface area (Å²) in [6.07, 6.45) is 1.09. The van der Waals surface area contributed by atoms with E-state index in [1.807, 2.05) is 48.5 Å². The fourth-order valence-electron chi connectivity index (χ4n) is 3.79. The number of aromatic nitrogens is 1. The highest BCUT2D eigenvalue weighted by atomic mass is 16.3. The minimum absolute atomic E-state index is 0.170. The van der Waals surface area contributed by atoms with Gasteiger partial charge in [0.2, 0.25) is 0 Å². The summed E-state index contributed by atoms with van der Waals surface area (Å²) in [5.41, 5.74) is 2.71. The zero-order valence-corrected chi connectivity index (χ0v) is 15.3. The number of hydrogen-bond acceptors (Lipinski definition) is 3. The van der Waals surface area contributed by atoms with Crippen molar-refractivity contribution in [2.45, 2.75) is 31.5 Å². The molecule has 5 heteroatoms. The molecule has 3 aromatic rings. The fraction of sp³-hybridized carbons (Fsp3) is 0.318. The number of para-hydroxylation sites is 1. The first-order chi connectivity index (χ1) is 13.2. The predicted molar refractivity (Wildman–Crippen MR) is 107 cm³/mol. The fourth-order valence-corrected chi connectivity index (χ4v) is 3.79. The molecule has 1 aliphatic heterocycles. The second kappa shape index (κ2) is 7.94. The maximum Gasteiger partial charge on any atom is 0.268 e. The molecule has 5 nitrogen and oxygen atoms in total. The van der Waals surface area contributed by atoms with E-state index in [0.717, 1.165) is 30.4 Å². The van der Waals surface area contributed by atoms with E-state index in [9.17, 15) is 9.90 Å². The monoisotopic (exact) mass is 363 g/mol. The van der Waals surface area contributed by atoms with Crippen molar-refractivity contribution in [3.05, 3.63) is 71.9 Å². The number of aliphatic hydroxyl groups is 1. The predicted octanol–water partition coefficient (Wildman–Crippen LogP) is 2.92. The van der Waals surface area contributed by atoms with Crippen LogP contribution in [0, 0.1) is 0 Å². The number of aromatic amines is 1. The summed E-state index contributed by atoms with van der Waals surface area (Å²) in [5.74, 6) is -0.170. The van der Waals surface area contributed by atoms with Crippen molar-refractivity contribution in [1.82, 2.24) is 15.2 Å². The van der Waals surface area contributed by atoms with Crippen molar-refractivity contribution in [3.63, 3.8) is 0 Å². The van der Waals surface area contributed by atoms with E-state index in [1.54, 1.807) is 0 Å². The topological polar surface area (TPSA) is 68.4 Å². The molecule has 0 saturated carbocycles. The summed E-state index contributed by atoms with van der Waals surface area (Å²) < 4.78 is 0. The number of carbonyl (C=O) groups excluding carboxylic acids is 1. The number of benzene rings is 2. The molecular formula is C22H25N3O2. The molecular weight excluding hydrogens is 338 g/mol. The number of fused-ring (bicyclic) bond motifs is 1. The SMILES string of the molecule is O=C(NC1CN(Cc2ccccc2)CCCC1O)c1cc2ccccc2[nH]1. The average molecular weight is 363 g/mol. The van der Waals surface area contributed by atoms with Gasteiger partial charge in [0, 0.05) is 24.0 Å². The van der Waals surface area contributed by atoms with Gasteiger partial charge in [-0.1, -0.05) is 48.5 Å². The van der Waals surface area contributed by atoms with Crippen LogP contribution >= 0.6 is 0 Å². The van der Waals surface area contributed by atoms with Crippen LogP contribution in [0.5, 0.6) is 0 Å². The zero-order chi connectivity index (χ0) is 18.6. The maximum absolute atomic E-state index is 12.7. The molecule has 1 aromatic heterocycles. The van der Waals surface area contributed by atoms with Gasteiger partial charge in [0.15, 0.2) is 0 Å². The lowest BCUT2D eigenvalue weighted by Gasteiger charge is -2.27. The minimum atomic E-state index is -0.529. The van der Waals surface area contributed by atoms with Gasteiger partial charge < -0.3 is 15.4 Å². The second-order valence-corrected chi connectivity index (χ2v) is 7.28. The smallest absolute Gasteiger partial charge is 0.268 e. The van der Waals surface area contributed by atoms with Gasteiger partial charge in [-0.2, -0.15) is 0 Å². The molecule has 0 radical (unpaired) electrons. The lowest BCUT2D eigenvalue weighted by atomic mass is 10.1. The molecule has 1 amide bonds. The summed E-state index contributed by atoms with van der Waals surface area (Å²) in [7, 11) is 0. The first-order valence-corrected chi connectivity index (χ1v) is 9.52. The van der Waals surface area contributed by atoms with E-state index in [2.05, 4.69) is 27.3 Å². The molecule has 2 atom stereocenters. The van der Waals surface area contributed by atoms with Crippen LogP contribution in [0.2, 0.25) is 0 Å². The highest BCUT2D eigenvalue weighted by Crippen LogP contribution is 2.17. The van der Waals surface area contributed by atoms with Crippen LogP contribution in [-0.4, -0.2) is 46.1 Å². The molecule has 1 aliphatic rings. The summed E-state index contributed by atoms with van der Waals surface area (Å²) in [4.78, 5) is 18.2. The third-order valence-electron chi connectivity index (χ3n) is 5.23. The maximum atomic E-state index is 12.7. The zero-order valence-electron chi connectivity index (χ0n) is 15.3. The minimum Gasteiger partial charge on any atom is -0.391 e. The van der Waals surface area contributed by atoms with Crippen molar-refractivity contribution in [2.24, 2.45) is 0 Å². The van der Waals surface area contributed by atoms with E-state index in [0.29, 0.717) is 18.7 Å². The van der Waals surface area contributed by atoms with E-state index < -0.39 is 6.10 Å².